The Bertz CT molecular complexity index is 964. The number of anilines is 2. The summed E-state index contributed by atoms with van der Waals surface area (Å²) >= 11 is 0. The molecule has 2 saturated heterocycles. The number of piperidine rings is 1. The van der Waals surface area contributed by atoms with Crippen molar-refractivity contribution in [3.05, 3.63) is 30.5 Å². The number of aromatic nitrogens is 1. The van der Waals surface area contributed by atoms with Crippen LogP contribution in [0.4, 0.5) is 11.5 Å². The number of rotatable bonds is 7. The van der Waals surface area contributed by atoms with Crippen molar-refractivity contribution in [2.24, 2.45) is 29.4 Å². The molecule has 2 fully saturated rings. The Kier molecular flexibility index (Phi) is 7.00. The van der Waals surface area contributed by atoms with E-state index in [4.69, 9.17) is 5.73 Å². The number of imide groups is 1. The van der Waals surface area contributed by atoms with Gasteiger partial charge in [0.2, 0.25) is 23.6 Å². The molecule has 0 spiro atoms. The molecule has 9 heteroatoms. The fourth-order valence-electron chi connectivity index (χ4n) is 5.20. The van der Waals surface area contributed by atoms with Crippen molar-refractivity contribution >= 4 is 35.1 Å². The van der Waals surface area contributed by atoms with Crippen molar-refractivity contribution in [3.8, 4) is 0 Å². The number of nitrogens with one attached hydrogen (secondary N) is 1. The lowest BCUT2D eigenvalue weighted by Gasteiger charge is -2.32. The van der Waals surface area contributed by atoms with Crippen LogP contribution in [0.25, 0.3) is 0 Å². The summed E-state index contributed by atoms with van der Waals surface area (Å²) in [6.07, 6.45) is 8.56. The van der Waals surface area contributed by atoms with Crippen LogP contribution in [0, 0.1) is 23.7 Å². The zero-order valence-corrected chi connectivity index (χ0v) is 19.8. The fraction of sp³-hybridized carbons (Fsp3) is 0.560. The Balaban J connectivity index is 1.46. The van der Waals surface area contributed by atoms with Gasteiger partial charge in [-0.3, -0.25) is 24.1 Å². The zero-order chi connectivity index (χ0) is 24.4. The second-order valence-electron chi connectivity index (χ2n) is 9.93. The van der Waals surface area contributed by atoms with E-state index in [0.29, 0.717) is 37.3 Å². The predicted molar refractivity (Wildman–Crippen MR) is 127 cm³/mol. The molecule has 1 aromatic rings. The molecule has 0 bridgehead atoms. The van der Waals surface area contributed by atoms with Gasteiger partial charge in [0.05, 0.1) is 29.6 Å². The summed E-state index contributed by atoms with van der Waals surface area (Å²) in [7, 11) is 0. The smallest absolute Gasteiger partial charge is 0.247 e. The highest BCUT2D eigenvalue weighted by Crippen LogP contribution is 2.37. The zero-order valence-electron chi connectivity index (χ0n) is 19.8. The average molecular weight is 468 g/mol. The molecule has 3 heterocycles. The van der Waals surface area contributed by atoms with Crippen LogP contribution in [0.5, 0.6) is 0 Å². The normalized spacial score (nSPS) is 25.4. The first-order chi connectivity index (χ1) is 16.3. The van der Waals surface area contributed by atoms with Crippen molar-refractivity contribution in [1.29, 1.82) is 0 Å². The number of carbonyl (C=O) groups is 4. The number of primary amides is 1. The van der Waals surface area contributed by atoms with Crippen LogP contribution in [-0.2, 0) is 19.2 Å². The SMILES string of the molecule is CC(C)CC(C(=O)Nc1ccc(N2CCCC(C(N)=O)C2)nc1)N1C(=O)C2CC=CCC2C1=O. The lowest BCUT2D eigenvalue weighted by atomic mass is 9.85. The summed E-state index contributed by atoms with van der Waals surface area (Å²) < 4.78 is 0. The highest BCUT2D eigenvalue weighted by molar-refractivity contribution is 6.10. The molecule has 182 valence electrons. The van der Waals surface area contributed by atoms with E-state index in [0.717, 1.165) is 19.4 Å². The summed E-state index contributed by atoms with van der Waals surface area (Å²) in [6, 6.07) is 2.68. The third-order valence-corrected chi connectivity index (χ3v) is 7.01. The molecule has 3 N–H and O–H groups in total. The number of likely N-dealkylation sites (tertiary alicyclic amines) is 1. The van der Waals surface area contributed by atoms with Gasteiger partial charge in [-0.05, 0) is 50.2 Å². The number of pyridine rings is 1. The minimum absolute atomic E-state index is 0.120. The first kappa shape index (κ1) is 23.9. The van der Waals surface area contributed by atoms with Crippen LogP contribution in [-0.4, -0.2) is 52.6 Å². The second-order valence-corrected chi connectivity index (χ2v) is 9.93. The van der Waals surface area contributed by atoms with Crippen LogP contribution < -0.4 is 16.0 Å². The third kappa shape index (κ3) is 4.83. The summed E-state index contributed by atoms with van der Waals surface area (Å²) in [6.45, 7) is 5.25. The molecule has 0 radical (unpaired) electrons. The van der Waals surface area contributed by atoms with Gasteiger partial charge in [-0.2, -0.15) is 0 Å². The van der Waals surface area contributed by atoms with E-state index in [1.165, 1.54) is 4.90 Å². The highest BCUT2D eigenvalue weighted by Gasteiger charge is 2.51. The van der Waals surface area contributed by atoms with Crippen molar-refractivity contribution in [2.75, 3.05) is 23.3 Å². The van der Waals surface area contributed by atoms with Gasteiger partial charge in [0.1, 0.15) is 11.9 Å². The molecule has 4 amide bonds. The monoisotopic (exact) mass is 467 g/mol. The molecule has 4 atom stereocenters. The summed E-state index contributed by atoms with van der Waals surface area (Å²) in [5, 5.41) is 2.85. The standard InChI is InChI=1S/C25H33N5O4/c1-15(2)12-20(30-24(33)18-7-3-4-8-19(18)25(30)34)23(32)28-17-9-10-21(27-13-17)29-11-5-6-16(14-29)22(26)31/h3-4,9-10,13,15-16,18-20H,5-8,11-12,14H2,1-2H3,(H2,26,31)(H,28,32). The molecule has 34 heavy (non-hydrogen) atoms. The quantitative estimate of drug-likeness (QED) is 0.467. The largest absolute Gasteiger partial charge is 0.369 e. The van der Waals surface area contributed by atoms with Gasteiger partial charge in [0.25, 0.3) is 0 Å². The van der Waals surface area contributed by atoms with Gasteiger partial charge in [-0.15, -0.1) is 0 Å². The van der Waals surface area contributed by atoms with E-state index in [-0.39, 0.29) is 47.3 Å². The van der Waals surface area contributed by atoms with E-state index < -0.39 is 6.04 Å². The van der Waals surface area contributed by atoms with Gasteiger partial charge >= 0.3 is 0 Å². The molecule has 1 aromatic heterocycles. The van der Waals surface area contributed by atoms with Crippen molar-refractivity contribution in [1.82, 2.24) is 9.88 Å². The molecule has 1 aliphatic carbocycles. The van der Waals surface area contributed by atoms with E-state index in [1.807, 2.05) is 30.9 Å². The molecule has 0 saturated carbocycles. The maximum absolute atomic E-state index is 13.3. The lowest BCUT2D eigenvalue weighted by molar-refractivity contribution is -0.147. The molecule has 3 aliphatic rings. The van der Waals surface area contributed by atoms with E-state index in [1.54, 1.807) is 18.3 Å². The number of nitrogens with two attached hydrogens (primary N) is 1. The van der Waals surface area contributed by atoms with Gasteiger partial charge in [0.15, 0.2) is 0 Å². The topological polar surface area (TPSA) is 126 Å². The number of hydrogen-bond donors (Lipinski definition) is 2. The number of carbonyl (C=O) groups excluding carboxylic acids is 4. The predicted octanol–water partition coefficient (Wildman–Crippen LogP) is 2.09. The Morgan fingerprint density at radius 2 is 1.82 bits per heavy atom. The Morgan fingerprint density at radius 3 is 2.38 bits per heavy atom. The van der Waals surface area contributed by atoms with Gasteiger partial charge in [-0.1, -0.05) is 26.0 Å². The Hall–Kier alpha value is -3.23. The Morgan fingerprint density at radius 1 is 1.15 bits per heavy atom. The maximum Gasteiger partial charge on any atom is 0.247 e. The van der Waals surface area contributed by atoms with E-state index in [2.05, 4.69) is 10.3 Å². The molecule has 4 unspecified atom stereocenters. The second kappa shape index (κ2) is 9.95. The summed E-state index contributed by atoms with van der Waals surface area (Å²) in [5.41, 5.74) is 5.96. The molecule has 2 aliphatic heterocycles. The highest BCUT2D eigenvalue weighted by atomic mass is 16.2. The van der Waals surface area contributed by atoms with Crippen LogP contribution in [0.2, 0.25) is 0 Å². The fourth-order valence-corrected chi connectivity index (χ4v) is 5.20. The number of amides is 4. The maximum atomic E-state index is 13.3. The average Bonchev–Trinajstić information content (AvgIpc) is 3.08. The third-order valence-electron chi connectivity index (χ3n) is 7.01. The van der Waals surface area contributed by atoms with Crippen LogP contribution in [0.1, 0.15) is 46.0 Å². The van der Waals surface area contributed by atoms with Crippen molar-refractivity contribution < 1.29 is 19.2 Å². The van der Waals surface area contributed by atoms with Crippen LogP contribution >= 0.6 is 0 Å². The van der Waals surface area contributed by atoms with Crippen LogP contribution in [0.15, 0.2) is 30.5 Å². The molecule has 0 aromatic carbocycles. The minimum atomic E-state index is -0.858. The van der Waals surface area contributed by atoms with Gasteiger partial charge in [-0.25, -0.2) is 4.98 Å². The first-order valence-electron chi connectivity index (χ1n) is 12.1. The molecule has 9 nitrogen and oxygen atoms in total. The van der Waals surface area contributed by atoms with Gasteiger partial charge < -0.3 is 16.0 Å². The molecular weight excluding hydrogens is 434 g/mol. The summed E-state index contributed by atoms with van der Waals surface area (Å²) in [4.78, 5) is 58.6. The van der Waals surface area contributed by atoms with E-state index in [9.17, 15) is 19.2 Å². The molecule has 4 rings (SSSR count). The number of nitrogens with zero attached hydrogens (tertiary/aromatic N) is 3. The van der Waals surface area contributed by atoms with Gasteiger partial charge in [0, 0.05) is 13.1 Å². The number of fused-ring (bicyclic) bond motifs is 1. The Labute approximate surface area is 199 Å². The van der Waals surface area contributed by atoms with Crippen LogP contribution in [0.3, 0.4) is 0 Å². The summed E-state index contributed by atoms with van der Waals surface area (Å²) in [5.74, 6) is -1.27. The van der Waals surface area contributed by atoms with E-state index >= 15 is 0 Å². The lowest BCUT2D eigenvalue weighted by Crippen LogP contribution is -2.48. The molecular formula is C25H33N5O4. The minimum Gasteiger partial charge on any atom is -0.369 e. The number of allylic oxidation sites excluding steroid dienone is 2. The number of hydrogen-bond acceptors (Lipinski definition) is 6. The first-order valence-corrected chi connectivity index (χ1v) is 12.1. The van der Waals surface area contributed by atoms with Crippen molar-refractivity contribution in [2.45, 2.75) is 52.0 Å². The van der Waals surface area contributed by atoms with Crippen molar-refractivity contribution in [3.63, 3.8) is 0 Å².